The van der Waals surface area contributed by atoms with Gasteiger partial charge >= 0.3 is 23.1 Å². The largest absolute Gasteiger partial charge is 2.00 e. The fourth-order valence-electron chi connectivity index (χ4n) is 0.860. The van der Waals surface area contributed by atoms with Gasteiger partial charge in [-0.15, -0.1) is 12.1 Å². The molecule has 0 aliphatic rings. The second kappa shape index (κ2) is 11.0. The van der Waals surface area contributed by atoms with Crippen LogP contribution in [0.15, 0.2) is 18.2 Å². The first-order valence-electron chi connectivity index (χ1n) is 4.19. The first-order chi connectivity index (χ1) is 6.33. The topological polar surface area (TPSA) is 9.23 Å². The minimum absolute atomic E-state index is 0. The molecule has 0 fully saturated rings. The fraction of sp³-hybridized carbons (Fsp3) is 0.400. The molecule has 0 amide bonds. The van der Waals surface area contributed by atoms with Crippen molar-refractivity contribution in [1.82, 2.24) is 0 Å². The smallest absolute Gasteiger partial charge is 1.00 e. The Morgan fingerprint density at radius 3 is 2.60 bits per heavy atom. The number of benzene rings is 1. The van der Waals surface area contributed by atoms with Crippen LogP contribution < -0.4 is 21.7 Å². The van der Waals surface area contributed by atoms with Crippen molar-refractivity contribution in [2.24, 2.45) is 0 Å². The molecular weight excluding hydrogens is 295 g/mol. The van der Waals surface area contributed by atoms with E-state index in [9.17, 15) is 4.39 Å². The van der Waals surface area contributed by atoms with Crippen LogP contribution in [0.2, 0.25) is 5.02 Å². The zero-order chi connectivity index (χ0) is 9.52. The second-order valence-corrected chi connectivity index (χ2v) is 3.05. The number of rotatable bonds is 5. The van der Waals surface area contributed by atoms with Crippen LogP contribution >= 0.6 is 11.6 Å². The third kappa shape index (κ3) is 8.31. The normalized spacial score (nSPS) is 8.67. The van der Waals surface area contributed by atoms with E-state index < -0.39 is 0 Å². The van der Waals surface area contributed by atoms with Crippen LogP contribution in [0.1, 0.15) is 12.8 Å². The van der Waals surface area contributed by atoms with E-state index in [-0.39, 0.29) is 46.7 Å². The predicted octanol–water partition coefficient (Wildman–Crippen LogP) is -0.108. The summed E-state index contributed by atoms with van der Waals surface area (Å²) in [7, 11) is 0. The Bertz CT molecular complexity index is 246. The Hall–Kier alpha value is 0.486. The molecular formula is C10H11BrClFMgO. The van der Waals surface area contributed by atoms with Crippen LogP contribution in [0.25, 0.3) is 0 Å². The van der Waals surface area contributed by atoms with E-state index in [0.717, 1.165) is 6.42 Å². The van der Waals surface area contributed by atoms with Crippen molar-refractivity contribution in [3.8, 4) is 5.75 Å². The summed E-state index contributed by atoms with van der Waals surface area (Å²) < 4.78 is 17.0. The molecule has 0 aliphatic carbocycles. The van der Waals surface area contributed by atoms with E-state index >= 15 is 0 Å². The summed E-state index contributed by atoms with van der Waals surface area (Å²) in [6.07, 6.45) is 1.28. The van der Waals surface area contributed by atoms with Gasteiger partial charge in [-0.05, 0) is 12.8 Å². The molecule has 0 aromatic heterocycles. The van der Waals surface area contributed by atoms with Crippen molar-refractivity contribution >= 4 is 34.7 Å². The Labute approximate surface area is 121 Å². The zero-order valence-corrected chi connectivity index (χ0v) is 12.1. The molecule has 1 rings (SSSR count). The maximum atomic E-state index is 11.7. The number of alkyl halides is 1. The van der Waals surface area contributed by atoms with Gasteiger partial charge in [0.2, 0.25) is 0 Å². The first kappa shape index (κ1) is 17.9. The van der Waals surface area contributed by atoms with Crippen LogP contribution in [-0.4, -0.2) is 36.3 Å². The molecule has 5 heteroatoms. The first-order valence-corrected chi connectivity index (χ1v) is 4.57. The van der Waals surface area contributed by atoms with Gasteiger partial charge in [0.1, 0.15) is 0 Å². The molecule has 1 aromatic carbocycles. The summed E-state index contributed by atoms with van der Waals surface area (Å²) in [6, 6.07) is 8.00. The summed E-state index contributed by atoms with van der Waals surface area (Å²) in [4.78, 5) is 0. The predicted molar refractivity (Wildman–Crippen MR) is 56.7 cm³/mol. The summed E-state index contributed by atoms with van der Waals surface area (Å²) >= 11 is 5.66. The minimum Gasteiger partial charge on any atom is -1.00 e. The second-order valence-electron chi connectivity index (χ2n) is 2.62. The molecule has 0 saturated carbocycles. The molecule has 0 saturated heterocycles. The molecule has 1 nitrogen and oxygen atoms in total. The van der Waals surface area contributed by atoms with Gasteiger partial charge < -0.3 is 21.7 Å². The monoisotopic (exact) mass is 304 g/mol. The van der Waals surface area contributed by atoms with E-state index in [2.05, 4.69) is 6.07 Å². The van der Waals surface area contributed by atoms with Gasteiger partial charge in [-0.1, -0.05) is 5.02 Å². The van der Waals surface area contributed by atoms with Crippen molar-refractivity contribution in [2.45, 2.75) is 12.8 Å². The van der Waals surface area contributed by atoms with Gasteiger partial charge in [0.15, 0.2) is 0 Å². The van der Waals surface area contributed by atoms with Crippen LogP contribution in [0, 0.1) is 6.07 Å². The van der Waals surface area contributed by atoms with Crippen molar-refractivity contribution in [2.75, 3.05) is 13.3 Å². The molecule has 0 bridgehead atoms. The van der Waals surface area contributed by atoms with Gasteiger partial charge in [0, 0.05) is 5.75 Å². The zero-order valence-electron chi connectivity index (χ0n) is 8.31. The quantitative estimate of drug-likeness (QED) is 0.419. The molecule has 1 aromatic rings. The van der Waals surface area contributed by atoms with Gasteiger partial charge in [0.25, 0.3) is 0 Å². The molecule has 0 spiro atoms. The average Bonchev–Trinajstić information content (AvgIpc) is 2.15. The number of halogens is 3. The molecule has 80 valence electrons. The van der Waals surface area contributed by atoms with Crippen molar-refractivity contribution in [3.05, 3.63) is 29.3 Å². The van der Waals surface area contributed by atoms with Crippen LogP contribution in [0.4, 0.5) is 4.39 Å². The number of hydrogen-bond donors (Lipinski definition) is 0. The van der Waals surface area contributed by atoms with E-state index in [4.69, 9.17) is 16.3 Å². The Kier molecular flexibility index (Phi) is 13.1. The maximum Gasteiger partial charge on any atom is 2.00 e. The summed E-state index contributed by atoms with van der Waals surface area (Å²) in [6.45, 7) is 0.246. The van der Waals surface area contributed by atoms with E-state index in [1.165, 1.54) is 0 Å². The summed E-state index contributed by atoms with van der Waals surface area (Å²) in [5.41, 5.74) is 0. The molecule has 0 radical (unpaired) electrons. The van der Waals surface area contributed by atoms with Crippen LogP contribution in [0.3, 0.4) is 0 Å². The van der Waals surface area contributed by atoms with Crippen molar-refractivity contribution < 1.29 is 26.1 Å². The van der Waals surface area contributed by atoms with Gasteiger partial charge in [-0.2, -0.15) is 23.7 Å². The average molecular weight is 306 g/mol. The minimum atomic E-state index is -0.284. The molecule has 0 aliphatic heterocycles. The molecule has 0 N–H and O–H groups in total. The number of hydrogen-bond acceptors (Lipinski definition) is 1. The summed E-state index contributed by atoms with van der Waals surface area (Å²) in [5.74, 6) is 0.656. The third-order valence-corrected chi connectivity index (χ3v) is 1.77. The van der Waals surface area contributed by atoms with Crippen molar-refractivity contribution in [3.63, 3.8) is 0 Å². The molecule has 0 heterocycles. The SMILES string of the molecule is FCCCCOc1[c-]cc(Cl)cc1.[Br-].[Mg+2]. The van der Waals surface area contributed by atoms with Crippen LogP contribution in [-0.2, 0) is 0 Å². The van der Waals surface area contributed by atoms with E-state index in [0.29, 0.717) is 23.8 Å². The molecule has 0 unspecified atom stereocenters. The fourth-order valence-corrected chi connectivity index (χ4v) is 0.978. The third-order valence-electron chi connectivity index (χ3n) is 1.53. The van der Waals surface area contributed by atoms with Gasteiger partial charge in [-0.3, -0.25) is 4.39 Å². The molecule has 15 heavy (non-hydrogen) atoms. The Balaban J connectivity index is 0. The van der Waals surface area contributed by atoms with Crippen LogP contribution in [0.5, 0.6) is 5.75 Å². The van der Waals surface area contributed by atoms with Gasteiger partial charge in [0.05, 0.1) is 13.3 Å². The van der Waals surface area contributed by atoms with E-state index in [1.54, 1.807) is 18.2 Å². The maximum absolute atomic E-state index is 11.7. The van der Waals surface area contributed by atoms with Gasteiger partial charge in [-0.25, -0.2) is 0 Å². The standard InChI is InChI=1S/C10H11ClFO.BrH.Mg/c11-9-3-5-10(6-4-9)13-8-2-1-7-12;;/h3-5H,1-2,7-8H2;1H;/q-1;;+2/p-1. The Morgan fingerprint density at radius 2 is 2.07 bits per heavy atom. The van der Waals surface area contributed by atoms with Crippen molar-refractivity contribution in [1.29, 1.82) is 0 Å². The van der Waals surface area contributed by atoms with E-state index in [1.807, 2.05) is 0 Å². The number of unbranched alkanes of at least 4 members (excludes halogenated alkanes) is 1. The summed E-state index contributed by atoms with van der Waals surface area (Å²) in [5, 5.41) is 0.635. The Morgan fingerprint density at radius 1 is 1.33 bits per heavy atom. The number of ether oxygens (including phenoxy) is 1. The molecule has 0 atom stereocenters.